The number of pyridine rings is 1. The number of anilines is 1. The van der Waals surface area contributed by atoms with Crippen molar-refractivity contribution in [3.8, 4) is 5.75 Å². The average Bonchev–Trinajstić information content (AvgIpc) is 2.76. The second-order valence-electron chi connectivity index (χ2n) is 7.41. The van der Waals surface area contributed by atoms with Crippen LogP contribution in [0.4, 0.5) is 19.3 Å². The molecule has 3 aromatic rings. The van der Waals surface area contributed by atoms with Crippen LogP contribution in [0.25, 0.3) is 10.9 Å². The molecule has 0 spiro atoms. The number of fused-ring (bicyclic) bond motifs is 2. The van der Waals surface area contributed by atoms with Gasteiger partial charge in [-0.2, -0.15) is 0 Å². The topological polar surface area (TPSA) is 72.4 Å². The molecule has 1 atom stereocenters. The van der Waals surface area contributed by atoms with Crippen molar-refractivity contribution in [3.05, 3.63) is 70.5 Å². The Hall–Kier alpha value is -3.42. The maximum Gasteiger partial charge on any atom is 0.319 e. The van der Waals surface area contributed by atoms with Crippen molar-refractivity contribution >= 4 is 22.6 Å². The highest BCUT2D eigenvalue weighted by Gasteiger charge is 2.42. The van der Waals surface area contributed by atoms with Crippen LogP contribution in [0.15, 0.2) is 59.4 Å². The highest BCUT2D eigenvalue weighted by atomic mass is 19.1. The number of aromatic nitrogens is 1. The van der Waals surface area contributed by atoms with Gasteiger partial charge in [0.25, 0.3) is 5.56 Å². The number of ether oxygens (including phenoxy) is 1. The molecule has 1 aliphatic heterocycles. The van der Waals surface area contributed by atoms with Crippen LogP contribution in [0.3, 0.4) is 0 Å². The number of halogens is 2. The summed E-state index contributed by atoms with van der Waals surface area (Å²) < 4.78 is 34.3. The molecule has 1 aromatic heterocycles. The third kappa shape index (κ3) is 3.49. The van der Waals surface area contributed by atoms with Crippen molar-refractivity contribution in [3.63, 3.8) is 0 Å². The summed E-state index contributed by atoms with van der Waals surface area (Å²) in [6, 6.07) is 14.0. The standard InChI is InChI=1S/C22H21F2N3O3/c1-27-18-7-4-6-16(14(18)9-10-20(27)28)25-21(29)26-17-11-22(12-23,13-24)30-19-8-3-2-5-15(17)19/h2-10,17H,11-13H2,1H3,(H2,25,26,29)/t17-/m1/s1. The van der Waals surface area contributed by atoms with Gasteiger partial charge in [0, 0.05) is 30.5 Å². The predicted molar refractivity (Wildman–Crippen MR) is 110 cm³/mol. The van der Waals surface area contributed by atoms with Crippen LogP contribution >= 0.6 is 0 Å². The number of para-hydroxylation sites is 1. The number of carbonyl (C=O) groups is 1. The van der Waals surface area contributed by atoms with Crippen molar-refractivity contribution in [1.29, 1.82) is 0 Å². The average molecular weight is 413 g/mol. The van der Waals surface area contributed by atoms with E-state index in [1.807, 2.05) is 0 Å². The molecule has 8 heteroatoms. The van der Waals surface area contributed by atoms with E-state index in [4.69, 9.17) is 4.74 Å². The number of alkyl halides is 2. The molecule has 0 unspecified atom stereocenters. The van der Waals surface area contributed by atoms with Crippen molar-refractivity contribution in [1.82, 2.24) is 9.88 Å². The lowest BCUT2D eigenvalue weighted by molar-refractivity contribution is -0.0105. The zero-order valence-electron chi connectivity index (χ0n) is 16.3. The molecule has 30 heavy (non-hydrogen) atoms. The Kier molecular flexibility index (Phi) is 5.15. The number of rotatable bonds is 4. The van der Waals surface area contributed by atoms with Crippen molar-refractivity contribution in [2.75, 3.05) is 18.7 Å². The third-order valence-electron chi connectivity index (χ3n) is 5.41. The van der Waals surface area contributed by atoms with E-state index in [2.05, 4.69) is 10.6 Å². The predicted octanol–water partition coefficient (Wildman–Crippen LogP) is 3.86. The van der Waals surface area contributed by atoms with Gasteiger partial charge in [-0.1, -0.05) is 24.3 Å². The van der Waals surface area contributed by atoms with Crippen LogP contribution < -0.4 is 20.9 Å². The summed E-state index contributed by atoms with van der Waals surface area (Å²) in [4.78, 5) is 24.6. The summed E-state index contributed by atoms with van der Waals surface area (Å²) in [6.07, 6.45) is -0.0333. The number of carbonyl (C=O) groups excluding carboxylic acids is 1. The Balaban J connectivity index is 1.61. The van der Waals surface area contributed by atoms with E-state index in [1.54, 1.807) is 55.6 Å². The molecule has 156 valence electrons. The van der Waals surface area contributed by atoms with Crippen molar-refractivity contribution < 1.29 is 18.3 Å². The SMILES string of the molecule is Cn1c(=O)ccc2c(NC(=O)N[C@@H]3CC(CF)(CF)Oc4ccccc43)cccc21. The molecule has 0 saturated carbocycles. The summed E-state index contributed by atoms with van der Waals surface area (Å²) >= 11 is 0. The normalized spacial score (nSPS) is 17.1. The number of benzene rings is 2. The molecule has 2 aromatic carbocycles. The quantitative estimate of drug-likeness (QED) is 0.682. The maximum absolute atomic E-state index is 13.6. The fourth-order valence-electron chi connectivity index (χ4n) is 3.78. The first-order valence-electron chi connectivity index (χ1n) is 9.52. The van der Waals surface area contributed by atoms with Gasteiger partial charge in [0.15, 0.2) is 5.60 Å². The maximum atomic E-state index is 13.6. The molecule has 0 bridgehead atoms. The second-order valence-corrected chi connectivity index (χ2v) is 7.41. The molecular formula is C22H21F2N3O3. The molecule has 4 rings (SSSR count). The van der Waals surface area contributed by atoms with E-state index in [0.29, 0.717) is 27.9 Å². The van der Waals surface area contributed by atoms with Crippen LogP contribution in [0.2, 0.25) is 0 Å². The van der Waals surface area contributed by atoms with Crippen LogP contribution in [0.1, 0.15) is 18.0 Å². The molecular weight excluding hydrogens is 392 g/mol. The summed E-state index contributed by atoms with van der Waals surface area (Å²) in [7, 11) is 1.65. The minimum Gasteiger partial charge on any atom is -0.481 e. The van der Waals surface area contributed by atoms with Crippen molar-refractivity contribution in [2.45, 2.75) is 18.1 Å². The fourth-order valence-corrected chi connectivity index (χ4v) is 3.78. The van der Waals surface area contributed by atoms with Crippen LogP contribution in [-0.4, -0.2) is 29.5 Å². The van der Waals surface area contributed by atoms with Gasteiger partial charge in [0.05, 0.1) is 17.2 Å². The van der Waals surface area contributed by atoms with E-state index >= 15 is 0 Å². The molecule has 6 nitrogen and oxygen atoms in total. The van der Waals surface area contributed by atoms with Gasteiger partial charge in [0.1, 0.15) is 19.1 Å². The molecule has 2 heterocycles. The zero-order chi connectivity index (χ0) is 21.3. The van der Waals surface area contributed by atoms with E-state index in [1.165, 1.54) is 10.6 Å². The number of hydrogen-bond acceptors (Lipinski definition) is 3. The molecule has 2 amide bonds. The largest absolute Gasteiger partial charge is 0.481 e. The second kappa shape index (κ2) is 7.78. The molecule has 1 aliphatic rings. The minimum atomic E-state index is -1.62. The summed E-state index contributed by atoms with van der Waals surface area (Å²) in [5.41, 5.74) is 0.0697. The van der Waals surface area contributed by atoms with Gasteiger partial charge < -0.3 is 19.9 Å². The van der Waals surface area contributed by atoms with E-state index in [0.717, 1.165) is 0 Å². The Morgan fingerprint density at radius 3 is 2.67 bits per heavy atom. The van der Waals surface area contributed by atoms with E-state index < -0.39 is 31.0 Å². The van der Waals surface area contributed by atoms with Gasteiger partial charge in [-0.3, -0.25) is 4.79 Å². The van der Waals surface area contributed by atoms with Gasteiger partial charge in [0.2, 0.25) is 0 Å². The van der Waals surface area contributed by atoms with E-state index in [-0.39, 0.29) is 12.0 Å². The van der Waals surface area contributed by atoms with Gasteiger partial charge in [-0.15, -0.1) is 0 Å². The lowest BCUT2D eigenvalue weighted by Crippen LogP contribution is -2.49. The van der Waals surface area contributed by atoms with Crippen LogP contribution in [0, 0.1) is 0 Å². The molecule has 0 fully saturated rings. The molecule has 0 aliphatic carbocycles. The van der Waals surface area contributed by atoms with Gasteiger partial charge >= 0.3 is 6.03 Å². The number of hydrogen-bond donors (Lipinski definition) is 2. The summed E-state index contributed by atoms with van der Waals surface area (Å²) in [5.74, 6) is 0.351. The van der Waals surface area contributed by atoms with Gasteiger partial charge in [-0.25, -0.2) is 13.6 Å². The van der Waals surface area contributed by atoms with Gasteiger partial charge in [-0.05, 0) is 24.3 Å². The van der Waals surface area contributed by atoms with E-state index in [9.17, 15) is 18.4 Å². The first-order chi connectivity index (χ1) is 14.5. The highest BCUT2D eigenvalue weighted by molar-refractivity contribution is 6.00. The first-order valence-corrected chi connectivity index (χ1v) is 9.52. The number of aryl methyl sites for hydroxylation is 1. The minimum absolute atomic E-state index is 0.0333. The van der Waals surface area contributed by atoms with Crippen LogP contribution in [-0.2, 0) is 7.05 Å². The third-order valence-corrected chi connectivity index (χ3v) is 5.41. The Morgan fingerprint density at radius 2 is 1.90 bits per heavy atom. The highest BCUT2D eigenvalue weighted by Crippen LogP contribution is 2.40. The molecule has 0 radical (unpaired) electrons. The first kappa shape index (κ1) is 19.9. The smallest absolute Gasteiger partial charge is 0.319 e. The Labute approximate surface area is 171 Å². The Bertz CT molecular complexity index is 1160. The summed E-state index contributed by atoms with van der Waals surface area (Å²) in [6.45, 7) is -2.01. The lowest BCUT2D eigenvalue weighted by Gasteiger charge is -2.39. The number of nitrogens with zero attached hydrogens (tertiary/aromatic N) is 1. The van der Waals surface area contributed by atoms with Crippen molar-refractivity contribution in [2.24, 2.45) is 7.05 Å². The summed E-state index contributed by atoms with van der Waals surface area (Å²) in [5, 5.41) is 6.28. The number of nitrogens with one attached hydrogen (secondary N) is 2. The lowest BCUT2D eigenvalue weighted by atomic mass is 9.88. The molecule has 0 saturated heterocycles. The monoisotopic (exact) mass is 413 g/mol. The van der Waals surface area contributed by atoms with Crippen LogP contribution in [0.5, 0.6) is 5.75 Å². The zero-order valence-corrected chi connectivity index (χ0v) is 16.3. The molecule has 2 N–H and O–H groups in total. The number of urea groups is 1. The Morgan fingerprint density at radius 1 is 1.13 bits per heavy atom. The number of amides is 2. The fraction of sp³-hybridized carbons (Fsp3) is 0.273.